The molecular weight excluding hydrogens is 111 g/mol. The van der Waals surface area contributed by atoms with Crippen LogP contribution in [0.2, 0.25) is 0 Å². The normalized spacial score (nSPS) is 16.0. The molecule has 1 saturated carbocycles. The minimum Gasteiger partial charge on any atom is -0.457 e. The molecule has 0 heterocycles. The van der Waals surface area contributed by atoms with Gasteiger partial charge in [-0.15, -0.1) is 0 Å². The molecule has 0 aromatic carbocycles. The van der Waals surface area contributed by atoms with E-state index in [9.17, 15) is 4.79 Å². The molecule has 2 nitrogen and oxygen atoms in total. The number of allylic oxidation sites excluding steroid dienone is 2. The Balaban J connectivity index is 0. The average Bonchev–Trinajstić information content (AvgIpc) is 2.42. The summed E-state index contributed by atoms with van der Waals surface area (Å²) in [5, 5.41) is 0. The van der Waals surface area contributed by atoms with Crippen LogP contribution in [0, 0.1) is 5.92 Å². The van der Waals surface area contributed by atoms with E-state index in [2.05, 4.69) is 0 Å². The molecule has 1 aliphatic rings. The number of hydrogen-bond acceptors (Lipinski definition) is 1. The first-order chi connectivity index (χ1) is 3.43. The third-order valence-electron chi connectivity index (χ3n) is 1.06. The summed E-state index contributed by atoms with van der Waals surface area (Å²) in [5.74, 6) is 0.710. The van der Waals surface area contributed by atoms with Crippen molar-refractivity contribution in [2.75, 3.05) is 0 Å². The van der Waals surface area contributed by atoms with Gasteiger partial charge in [0.1, 0.15) is 0 Å². The van der Waals surface area contributed by atoms with Crippen molar-refractivity contribution in [3.8, 4) is 0 Å². The van der Waals surface area contributed by atoms with Crippen molar-refractivity contribution < 1.29 is 29.1 Å². The Bertz CT molecular complexity index is 97.2. The van der Waals surface area contributed by atoms with Gasteiger partial charge >= 0.3 is 18.9 Å². The summed E-state index contributed by atoms with van der Waals surface area (Å²) in [6, 6.07) is 0. The Morgan fingerprint density at radius 1 is 1.44 bits per heavy atom. The van der Waals surface area contributed by atoms with Crippen LogP contribution in [0.4, 0.5) is 0 Å². The molecule has 0 saturated heterocycles. The first-order valence-corrected chi connectivity index (χ1v) is 2.48. The van der Waals surface area contributed by atoms with Crippen molar-refractivity contribution in [1.29, 1.82) is 0 Å². The fourth-order valence-electron chi connectivity index (χ4n) is 0.464. The largest absolute Gasteiger partial charge is 1.00 e. The van der Waals surface area contributed by atoms with Gasteiger partial charge in [-0.05, 0) is 6.29 Å². The first-order valence-electron chi connectivity index (χ1n) is 2.48. The molecule has 46 valence electrons. The Morgan fingerprint density at radius 2 is 2.00 bits per heavy atom. The second kappa shape index (κ2) is 6.09. The third kappa shape index (κ3) is 5.84. The molecule has 0 aromatic heterocycles. The smallest absolute Gasteiger partial charge is 0.457 e. The van der Waals surface area contributed by atoms with E-state index in [0.717, 1.165) is 0 Å². The molecule has 1 fully saturated rings. The maximum absolute atomic E-state index is 9.53. The summed E-state index contributed by atoms with van der Waals surface area (Å²) in [5.41, 5.74) is 0. The van der Waals surface area contributed by atoms with E-state index in [4.69, 9.17) is 0 Å². The van der Waals surface area contributed by atoms with Gasteiger partial charge in [-0.2, -0.15) is 6.08 Å². The molecule has 0 aromatic rings. The van der Waals surface area contributed by atoms with Gasteiger partial charge in [0.15, 0.2) is 0 Å². The molecule has 0 unspecified atom stereocenters. The fourth-order valence-corrected chi connectivity index (χ4v) is 0.464. The van der Waals surface area contributed by atoms with E-state index in [1.165, 1.54) is 18.9 Å². The minimum absolute atomic E-state index is 0. The van der Waals surface area contributed by atoms with Crippen molar-refractivity contribution in [3.63, 3.8) is 0 Å². The zero-order chi connectivity index (χ0) is 5.11. The SMILES string of the molecule is O=[C-]/C=C/C1CC1.[Li+].[OH3+]. The summed E-state index contributed by atoms with van der Waals surface area (Å²) in [7, 11) is 0. The minimum atomic E-state index is 0. The van der Waals surface area contributed by atoms with Gasteiger partial charge in [-0.3, -0.25) is 0 Å². The summed E-state index contributed by atoms with van der Waals surface area (Å²) >= 11 is 0. The van der Waals surface area contributed by atoms with Crippen LogP contribution in [0.25, 0.3) is 0 Å². The molecule has 3 heteroatoms. The maximum atomic E-state index is 9.53. The van der Waals surface area contributed by atoms with E-state index in [0.29, 0.717) is 5.92 Å². The average molecular weight is 121 g/mol. The molecule has 0 aliphatic heterocycles. The van der Waals surface area contributed by atoms with Crippen molar-refractivity contribution in [2.24, 2.45) is 5.92 Å². The van der Waals surface area contributed by atoms with Crippen LogP contribution in [0.3, 0.4) is 0 Å². The zero-order valence-corrected chi connectivity index (χ0v) is 5.63. The van der Waals surface area contributed by atoms with Gasteiger partial charge in [-0.1, -0.05) is 18.8 Å². The summed E-state index contributed by atoms with van der Waals surface area (Å²) in [4.78, 5) is 9.53. The second-order valence-corrected chi connectivity index (χ2v) is 1.81. The zero-order valence-electron chi connectivity index (χ0n) is 5.63. The summed E-state index contributed by atoms with van der Waals surface area (Å²) in [6.07, 6.45) is 7.60. The van der Waals surface area contributed by atoms with E-state index < -0.39 is 0 Å². The van der Waals surface area contributed by atoms with E-state index in [1.54, 1.807) is 6.29 Å². The summed E-state index contributed by atoms with van der Waals surface area (Å²) < 4.78 is 0. The van der Waals surface area contributed by atoms with Gasteiger partial charge in [0.2, 0.25) is 0 Å². The van der Waals surface area contributed by atoms with E-state index in [1.807, 2.05) is 6.08 Å². The quantitative estimate of drug-likeness (QED) is 0.168. The molecule has 0 atom stereocenters. The van der Waals surface area contributed by atoms with Crippen molar-refractivity contribution in [2.45, 2.75) is 12.8 Å². The number of rotatable bonds is 2. The number of hydrogen-bond donors (Lipinski definition) is 0. The van der Waals surface area contributed by atoms with Gasteiger partial charge in [0, 0.05) is 0 Å². The molecule has 3 N–H and O–H groups in total. The van der Waals surface area contributed by atoms with Crippen molar-refractivity contribution in [3.05, 3.63) is 12.2 Å². The topological polar surface area (TPSA) is 50.1 Å². The van der Waals surface area contributed by atoms with E-state index in [-0.39, 0.29) is 24.3 Å². The van der Waals surface area contributed by atoms with Crippen LogP contribution < -0.4 is 18.9 Å². The standard InChI is InChI=1S/C6H7O.Li.H2O/c7-5-1-2-6-3-4-6;;/h1-2,6H,3-4H2;;1H2/q-1;+1;/p+1/b2-1+;;. The second-order valence-electron chi connectivity index (χ2n) is 1.81. The Hall–Kier alpha value is -0.0326. The van der Waals surface area contributed by atoms with Gasteiger partial charge < -0.3 is 10.3 Å². The predicted molar refractivity (Wildman–Crippen MR) is 32.4 cm³/mol. The van der Waals surface area contributed by atoms with Crippen LogP contribution in [0.15, 0.2) is 12.2 Å². The van der Waals surface area contributed by atoms with Crippen LogP contribution >= 0.6 is 0 Å². The Kier molecular flexibility index (Phi) is 7.94. The van der Waals surface area contributed by atoms with Crippen LogP contribution in [-0.4, -0.2) is 6.29 Å². The molecule has 0 spiro atoms. The van der Waals surface area contributed by atoms with Crippen molar-refractivity contribution >= 4 is 6.29 Å². The van der Waals surface area contributed by atoms with Crippen LogP contribution in [0.1, 0.15) is 12.8 Å². The number of carbonyl (C=O) groups excluding carboxylic acids is 1. The molecular formula is C6H10LiO2+. The van der Waals surface area contributed by atoms with Gasteiger partial charge in [-0.25, -0.2) is 6.08 Å². The Morgan fingerprint density at radius 3 is 2.33 bits per heavy atom. The predicted octanol–water partition coefficient (Wildman–Crippen LogP) is -2.86. The van der Waals surface area contributed by atoms with Crippen molar-refractivity contribution in [1.82, 2.24) is 0 Å². The molecule has 0 radical (unpaired) electrons. The third-order valence-corrected chi connectivity index (χ3v) is 1.06. The monoisotopic (exact) mass is 121 g/mol. The van der Waals surface area contributed by atoms with E-state index >= 15 is 0 Å². The van der Waals surface area contributed by atoms with Gasteiger partial charge in [0.05, 0.1) is 0 Å². The fraction of sp³-hybridized carbons (Fsp3) is 0.500. The molecule has 0 amide bonds. The molecule has 0 bridgehead atoms. The van der Waals surface area contributed by atoms with Crippen LogP contribution in [-0.2, 0) is 10.3 Å². The maximum Gasteiger partial charge on any atom is 1.00 e. The summed E-state index contributed by atoms with van der Waals surface area (Å²) in [6.45, 7) is 0. The first kappa shape index (κ1) is 11.7. The molecule has 1 rings (SSSR count). The Labute approximate surface area is 66.8 Å². The molecule has 9 heavy (non-hydrogen) atoms. The van der Waals surface area contributed by atoms with Crippen LogP contribution in [0.5, 0.6) is 0 Å². The molecule has 1 aliphatic carbocycles. The van der Waals surface area contributed by atoms with Gasteiger partial charge in [0.25, 0.3) is 0 Å².